The number of aromatic amines is 1. The van der Waals surface area contributed by atoms with Gasteiger partial charge in [-0.05, 0) is 29.8 Å². The second-order valence-electron chi connectivity index (χ2n) is 4.99. The lowest BCUT2D eigenvalue weighted by atomic mass is 10.1. The molecule has 0 aliphatic carbocycles. The van der Waals surface area contributed by atoms with Crippen LogP contribution in [0.25, 0.3) is 10.2 Å². The van der Waals surface area contributed by atoms with Crippen LogP contribution in [0, 0.1) is 0 Å². The molecular formula is C16H12BrClN2O3S. The first kappa shape index (κ1) is 17.0. The molecule has 0 saturated heterocycles. The first-order chi connectivity index (χ1) is 11.5. The van der Waals surface area contributed by atoms with Gasteiger partial charge >= 0.3 is 5.97 Å². The Balaban J connectivity index is 1.85. The van der Waals surface area contributed by atoms with Crippen molar-refractivity contribution in [1.82, 2.24) is 10.3 Å². The molecule has 0 aliphatic heterocycles. The van der Waals surface area contributed by atoms with E-state index in [2.05, 4.69) is 26.2 Å². The van der Waals surface area contributed by atoms with Crippen molar-refractivity contribution in [2.24, 2.45) is 0 Å². The zero-order valence-electron chi connectivity index (χ0n) is 12.4. The number of carbonyl (C=O) groups excluding carboxylic acids is 2. The lowest BCUT2D eigenvalue weighted by Gasteiger charge is -2.16. The summed E-state index contributed by atoms with van der Waals surface area (Å²) in [5.74, 6) is -0.935. The summed E-state index contributed by atoms with van der Waals surface area (Å²) in [5.41, 5.74) is 1.78. The van der Waals surface area contributed by atoms with E-state index in [1.807, 2.05) is 0 Å². The van der Waals surface area contributed by atoms with Crippen molar-refractivity contribution in [3.05, 3.63) is 56.5 Å². The molecule has 8 heteroatoms. The molecule has 2 heterocycles. The quantitative estimate of drug-likeness (QED) is 0.610. The summed E-state index contributed by atoms with van der Waals surface area (Å²) in [6, 6.07) is 9.66. The van der Waals surface area contributed by atoms with Crippen molar-refractivity contribution in [2.75, 3.05) is 7.11 Å². The zero-order valence-corrected chi connectivity index (χ0v) is 15.6. The molecule has 0 radical (unpaired) electrons. The van der Waals surface area contributed by atoms with E-state index in [0.717, 1.165) is 14.7 Å². The maximum atomic E-state index is 12.5. The molecule has 0 saturated carbocycles. The number of methoxy groups -OCH3 is 1. The predicted molar refractivity (Wildman–Crippen MR) is 97.6 cm³/mol. The SMILES string of the molecule is COC(=O)C(NC(=O)c1cc2sc(Cl)cc2[nH]1)c1ccc(Br)cc1. The maximum absolute atomic E-state index is 12.5. The minimum atomic E-state index is -0.888. The molecule has 0 bridgehead atoms. The molecule has 1 aromatic carbocycles. The topological polar surface area (TPSA) is 71.2 Å². The average Bonchev–Trinajstić information content (AvgIpc) is 3.10. The first-order valence-corrected chi connectivity index (χ1v) is 8.89. The largest absolute Gasteiger partial charge is 0.467 e. The summed E-state index contributed by atoms with van der Waals surface area (Å²) >= 11 is 10.6. The molecule has 3 rings (SSSR count). The van der Waals surface area contributed by atoms with E-state index in [0.29, 0.717) is 15.6 Å². The Morgan fingerprint density at radius 3 is 2.62 bits per heavy atom. The Morgan fingerprint density at radius 2 is 2.00 bits per heavy atom. The molecule has 2 aromatic heterocycles. The number of carbonyl (C=O) groups is 2. The molecular weight excluding hydrogens is 416 g/mol. The molecule has 5 nitrogen and oxygen atoms in total. The van der Waals surface area contributed by atoms with Gasteiger partial charge in [-0.3, -0.25) is 4.79 Å². The van der Waals surface area contributed by atoms with Crippen molar-refractivity contribution in [3.63, 3.8) is 0 Å². The summed E-state index contributed by atoms with van der Waals surface area (Å²) in [7, 11) is 1.28. The molecule has 124 valence electrons. The minimum Gasteiger partial charge on any atom is -0.467 e. The second-order valence-corrected chi connectivity index (χ2v) is 7.62. The zero-order chi connectivity index (χ0) is 17.3. The lowest BCUT2D eigenvalue weighted by molar-refractivity contribution is -0.143. The van der Waals surface area contributed by atoms with Crippen LogP contribution in [0.1, 0.15) is 22.1 Å². The lowest BCUT2D eigenvalue weighted by Crippen LogP contribution is -2.34. The number of aromatic nitrogens is 1. The van der Waals surface area contributed by atoms with Crippen molar-refractivity contribution in [3.8, 4) is 0 Å². The third-order valence-corrected chi connectivity index (χ3v) is 5.18. The van der Waals surface area contributed by atoms with Crippen molar-refractivity contribution < 1.29 is 14.3 Å². The Hall–Kier alpha value is -1.83. The highest BCUT2D eigenvalue weighted by molar-refractivity contribution is 9.10. The van der Waals surface area contributed by atoms with Crippen LogP contribution in [0.4, 0.5) is 0 Å². The van der Waals surface area contributed by atoms with Gasteiger partial charge in [-0.2, -0.15) is 0 Å². The number of amides is 1. The molecule has 1 amide bonds. The Labute approximate surface area is 155 Å². The Bertz CT molecular complexity index is 872. The van der Waals surface area contributed by atoms with E-state index in [1.165, 1.54) is 18.4 Å². The monoisotopic (exact) mass is 426 g/mol. The summed E-state index contributed by atoms with van der Waals surface area (Å²) < 4.78 is 7.20. The fraction of sp³-hybridized carbons (Fsp3) is 0.125. The van der Waals surface area contributed by atoms with E-state index in [4.69, 9.17) is 16.3 Å². The van der Waals surface area contributed by atoms with E-state index in [1.54, 1.807) is 36.4 Å². The third kappa shape index (κ3) is 3.48. The number of esters is 1. The smallest absolute Gasteiger partial charge is 0.333 e. The van der Waals surface area contributed by atoms with E-state index in [-0.39, 0.29) is 0 Å². The van der Waals surface area contributed by atoms with Gasteiger partial charge in [0.2, 0.25) is 0 Å². The fourth-order valence-corrected chi connectivity index (χ4v) is 3.68. The van der Waals surface area contributed by atoms with Crippen LogP contribution in [0.15, 0.2) is 40.9 Å². The van der Waals surface area contributed by atoms with Gasteiger partial charge in [-0.1, -0.05) is 39.7 Å². The van der Waals surface area contributed by atoms with E-state index in [9.17, 15) is 9.59 Å². The molecule has 1 atom stereocenters. The summed E-state index contributed by atoms with van der Waals surface area (Å²) in [6.07, 6.45) is 0. The Morgan fingerprint density at radius 1 is 1.29 bits per heavy atom. The standard InChI is InChI=1S/C16H12BrClN2O3S/c1-23-16(22)14(8-2-4-9(17)5-3-8)20-15(21)11-6-12-10(19-11)7-13(18)24-12/h2-7,14,19H,1H3,(H,20,21). The van der Waals surface area contributed by atoms with Crippen LogP contribution in [-0.4, -0.2) is 24.0 Å². The normalized spacial score (nSPS) is 12.1. The van der Waals surface area contributed by atoms with Gasteiger partial charge in [0.1, 0.15) is 5.69 Å². The van der Waals surface area contributed by atoms with Gasteiger partial charge in [-0.25, -0.2) is 4.79 Å². The molecule has 24 heavy (non-hydrogen) atoms. The number of halogens is 2. The number of rotatable bonds is 4. The maximum Gasteiger partial charge on any atom is 0.333 e. The predicted octanol–water partition coefficient (Wildman–Crippen LogP) is 4.29. The molecule has 2 N–H and O–H groups in total. The van der Waals surface area contributed by atoms with Gasteiger partial charge in [0.05, 0.1) is 21.7 Å². The van der Waals surface area contributed by atoms with Gasteiger partial charge in [-0.15, -0.1) is 11.3 Å². The third-order valence-electron chi connectivity index (χ3n) is 3.44. The van der Waals surface area contributed by atoms with Gasteiger partial charge in [0, 0.05) is 4.47 Å². The number of hydrogen-bond donors (Lipinski definition) is 2. The number of ether oxygens (including phenoxy) is 1. The number of benzene rings is 1. The number of H-pyrrole nitrogens is 1. The van der Waals surface area contributed by atoms with Crippen LogP contribution < -0.4 is 5.32 Å². The van der Waals surface area contributed by atoms with Crippen LogP contribution in [0.3, 0.4) is 0 Å². The number of nitrogens with one attached hydrogen (secondary N) is 2. The molecule has 3 aromatic rings. The summed E-state index contributed by atoms with van der Waals surface area (Å²) in [6.45, 7) is 0. The fourth-order valence-electron chi connectivity index (χ4n) is 2.27. The highest BCUT2D eigenvalue weighted by atomic mass is 79.9. The van der Waals surface area contributed by atoms with Crippen LogP contribution in [0.2, 0.25) is 4.34 Å². The molecule has 0 fully saturated rings. The van der Waals surface area contributed by atoms with Crippen molar-refractivity contribution >= 4 is 61.0 Å². The highest BCUT2D eigenvalue weighted by Gasteiger charge is 2.25. The van der Waals surface area contributed by atoms with Crippen molar-refractivity contribution in [1.29, 1.82) is 0 Å². The van der Waals surface area contributed by atoms with Crippen LogP contribution in [-0.2, 0) is 9.53 Å². The number of hydrogen-bond acceptors (Lipinski definition) is 4. The van der Waals surface area contributed by atoms with E-state index >= 15 is 0 Å². The Kier molecular flexibility index (Phi) is 4.93. The summed E-state index contributed by atoms with van der Waals surface area (Å²) in [5, 5.41) is 2.70. The molecule has 0 spiro atoms. The average molecular weight is 428 g/mol. The van der Waals surface area contributed by atoms with Crippen molar-refractivity contribution in [2.45, 2.75) is 6.04 Å². The highest BCUT2D eigenvalue weighted by Crippen LogP contribution is 2.30. The van der Waals surface area contributed by atoms with Gasteiger partial charge in [0.15, 0.2) is 6.04 Å². The van der Waals surface area contributed by atoms with Gasteiger partial charge < -0.3 is 15.0 Å². The second kappa shape index (κ2) is 6.96. The first-order valence-electron chi connectivity index (χ1n) is 6.90. The van der Waals surface area contributed by atoms with Crippen LogP contribution in [0.5, 0.6) is 0 Å². The molecule has 0 aliphatic rings. The minimum absolute atomic E-state index is 0.360. The molecule has 1 unspecified atom stereocenters. The number of thiophene rings is 1. The summed E-state index contributed by atoms with van der Waals surface area (Å²) in [4.78, 5) is 27.5. The van der Waals surface area contributed by atoms with E-state index < -0.39 is 17.9 Å². The van der Waals surface area contributed by atoms with Gasteiger partial charge in [0.25, 0.3) is 5.91 Å². The van der Waals surface area contributed by atoms with Crippen LogP contribution >= 0.6 is 38.9 Å². The number of fused-ring (bicyclic) bond motifs is 1.